The van der Waals surface area contributed by atoms with Gasteiger partial charge in [0.1, 0.15) is 0 Å². The molecule has 0 N–H and O–H groups in total. The first kappa shape index (κ1) is 23.2. The van der Waals surface area contributed by atoms with Gasteiger partial charge in [-0.15, -0.1) is 0 Å². The van der Waals surface area contributed by atoms with Crippen molar-refractivity contribution in [3.63, 3.8) is 0 Å². The topological polar surface area (TPSA) is 0 Å². The summed E-state index contributed by atoms with van der Waals surface area (Å²) in [5.41, 5.74) is 5.16. The van der Waals surface area contributed by atoms with Crippen LogP contribution < -0.4 is 0 Å². The predicted octanol–water partition coefficient (Wildman–Crippen LogP) is 8.92. The standard InChI is InChI=1S/C27H42.CH4/c1-19(2)21(4)9-7-11-25-14-15-26-23(10-8-16-27(25,26)6)12-13-24-18-20(3)17-22(24)5;/h7,9,12-13,19-21,25-26H,5,8,10-11,14-18H2,1-4,6H3;1H4/b9-7+,23-12+,24-13+;. The first-order valence-corrected chi connectivity index (χ1v) is 11.6. The molecule has 0 spiro atoms. The molecular formula is C28H46. The molecule has 0 heteroatoms. The molecule has 0 nitrogen and oxygen atoms in total. The van der Waals surface area contributed by atoms with E-state index in [4.69, 9.17) is 0 Å². The van der Waals surface area contributed by atoms with Crippen LogP contribution in [0, 0.1) is 35.0 Å². The zero-order valence-electron chi connectivity index (χ0n) is 18.6. The van der Waals surface area contributed by atoms with Crippen molar-refractivity contribution in [2.45, 2.75) is 93.4 Å². The summed E-state index contributed by atoms with van der Waals surface area (Å²) in [7, 11) is 0. The van der Waals surface area contributed by atoms with Crippen molar-refractivity contribution in [2.24, 2.45) is 35.0 Å². The maximum atomic E-state index is 4.30. The van der Waals surface area contributed by atoms with E-state index < -0.39 is 0 Å². The van der Waals surface area contributed by atoms with Crippen LogP contribution in [-0.4, -0.2) is 0 Å². The Morgan fingerprint density at radius 2 is 1.89 bits per heavy atom. The Balaban J connectivity index is 0.00000280. The van der Waals surface area contributed by atoms with Gasteiger partial charge in [0.25, 0.3) is 0 Å². The number of rotatable bonds is 5. The van der Waals surface area contributed by atoms with E-state index in [9.17, 15) is 0 Å². The van der Waals surface area contributed by atoms with Crippen LogP contribution in [0.15, 0.2) is 47.6 Å². The third kappa shape index (κ3) is 4.92. The predicted molar refractivity (Wildman–Crippen MR) is 126 cm³/mol. The molecule has 0 heterocycles. The van der Waals surface area contributed by atoms with Crippen LogP contribution in [0.5, 0.6) is 0 Å². The summed E-state index contributed by atoms with van der Waals surface area (Å²) >= 11 is 0. The summed E-state index contributed by atoms with van der Waals surface area (Å²) in [6.45, 7) is 16.3. The van der Waals surface area contributed by atoms with Gasteiger partial charge in [0.2, 0.25) is 0 Å². The average molecular weight is 383 g/mol. The second kappa shape index (κ2) is 9.64. The molecule has 0 aromatic carbocycles. The van der Waals surface area contributed by atoms with E-state index in [1.54, 1.807) is 5.57 Å². The van der Waals surface area contributed by atoms with E-state index in [1.807, 2.05) is 0 Å². The molecule has 5 atom stereocenters. The number of hydrogen-bond donors (Lipinski definition) is 0. The van der Waals surface area contributed by atoms with Crippen LogP contribution in [0.1, 0.15) is 93.4 Å². The van der Waals surface area contributed by atoms with Crippen LogP contribution in [-0.2, 0) is 0 Å². The quantitative estimate of drug-likeness (QED) is 0.416. The maximum absolute atomic E-state index is 4.30. The highest BCUT2D eigenvalue weighted by Gasteiger charge is 2.48. The van der Waals surface area contributed by atoms with Gasteiger partial charge in [-0.1, -0.05) is 84.1 Å². The second-order valence-corrected chi connectivity index (χ2v) is 10.5. The van der Waals surface area contributed by atoms with Gasteiger partial charge in [-0.05, 0) is 91.9 Å². The molecule has 0 bridgehead atoms. The van der Waals surface area contributed by atoms with Gasteiger partial charge in [-0.2, -0.15) is 0 Å². The highest BCUT2D eigenvalue weighted by atomic mass is 14.5. The Hall–Kier alpha value is -1.04. The molecule has 0 aliphatic heterocycles. The molecule has 3 saturated carbocycles. The molecule has 3 aliphatic carbocycles. The molecule has 3 aliphatic rings. The fraction of sp³-hybridized carbons (Fsp3) is 0.714. The molecule has 0 saturated heterocycles. The molecule has 0 aromatic rings. The number of allylic oxidation sites excluding steroid dienone is 7. The number of hydrogen-bond acceptors (Lipinski definition) is 0. The van der Waals surface area contributed by atoms with E-state index in [-0.39, 0.29) is 7.43 Å². The first-order valence-electron chi connectivity index (χ1n) is 11.6. The van der Waals surface area contributed by atoms with Crippen molar-refractivity contribution in [3.05, 3.63) is 47.6 Å². The largest absolute Gasteiger partial charge is 0.0955 e. The first-order chi connectivity index (χ1) is 12.8. The third-order valence-corrected chi connectivity index (χ3v) is 8.19. The highest BCUT2D eigenvalue weighted by molar-refractivity contribution is 5.37. The molecule has 28 heavy (non-hydrogen) atoms. The molecule has 3 fully saturated rings. The van der Waals surface area contributed by atoms with Crippen molar-refractivity contribution in [1.82, 2.24) is 0 Å². The zero-order valence-corrected chi connectivity index (χ0v) is 18.6. The van der Waals surface area contributed by atoms with Crippen molar-refractivity contribution in [1.29, 1.82) is 0 Å². The van der Waals surface area contributed by atoms with Gasteiger partial charge in [0.15, 0.2) is 0 Å². The van der Waals surface area contributed by atoms with E-state index in [1.165, 1.54) is 62.5 Å². The minimum atomic E-state index is 0. The van der Waals surface area contributed by atoms with Gasteiger partial charge in [0, 0.05) is 0 Å². The lowest BCUT2D eigenvalue weighted by atomic mass is 9.63. The summed E-state index contributed by atoms with van der Waals surface area (Å²) in [4.78, 5) is 0. The zero-order chi connectivity index (χ0) is 19.6. The molecule has 3 rings (SSSR count). The normalized spacial score (nSPS) is 37.1. The van der Waals surface area contributed by atoms with Crippen LogP contribution in [0.3, 0.4) is 0 Å². The summed E-state index contributed by atoms with van der Waals surface area (Å²) in [5.74, 6) is 3.92. The van der Waals surface area contributed by atoms with Crippen molar-refractivity contribution < 1.29 is 0 Å². The minimum absolute atomic E-state index is 0. The summed E-state index contributed by atoms with van der Waals surface area (Å²) < 4.78 is 0. The Morgan fingerprint density at radius 3 is 2.54 bits per heavy atom. The Bertz CT molecular complexity index is 628. The Morgan fingerprint density at radius 1 is 1.14 bits per heavy atom. The van der Waals surface area contributed by atoms with Crippen molar-refractivity contribution in [3.8, 4) is 0 Å². The van der Waals surface area contributed by atoms with Gasteiger partial charge < -0.3 is 0 Å². The van der Waals surface area contributed by atoms with Crippen molar-refractivity contribution in [2.75, 3.05) is 0 Å². The van der Waals surface area contributed by atoms with Crippen LogP contribution in [0.25, 0.3) is 0 Å². The highest BCUT2D eigenvalue weighted by Crippen LogP contribution is 2.58. The molecular weight excluding hydrogens is 336 g/mol. The SMILES string of the molecule is C.C=C1CC(C)C/C1=C\C=C1/CCCC2(C)C(C/C=C/C(C)C(C)C)CCC12. The van der Waals surface area contributed by atoms with Crippen LogP contribution in [0.2, 0.25) is 0 Å². The van der Waals surface area contributed by atoms with E-state index in [2.05, 4.69) is 65.5 Å². The molecule has 158 valence electrons. The number of fused-ring (bicyclic) bond motifs is 1. The van der Waals surface area contributed by atoms with Gasteiger partial charge in [-0.25, -0.2) is 0 Å². The van der Waals surface area contributed by atoms with E-state index >= 15 is 0 Å². The Labute approximate surface area is 176 Å². The van der Waals surface area contributed by atoms with Crippen LogP contribution in [0.4, 0.5) is 0 Å². The monoisotopic (exact) mass is 382 g/mol. The minimum Gasteiger partial charge on any atom is -0.0955 e. The molecule has 0 radical (unpaired) electrons. The van der Waals surface area contributed by atoms with Gasteiger partial charge in [-0.3, -0.25) is 0 Å². The lowest BCUT2D eigenvalue weighted by Gasteiger charge is -2.42. The van der Waals surface area contributed by atoms with E-state index in [0.717, 1.165) is 23.7 Å². The Kier molecular flexibility index (Phi) is 8.00. The third-order valence-electron chi connectivity index (χ3n) is 8.19. The molecule has 5 unspecified atom stereocenters. The van der Waals surface area contributed by atoms with Crippen LogP contribution >= 0.6 is 0 Å². The smallest absolute Gasteiger partial charge is 0.0143 e. The fourth-order valence-corrected chi connectivity index (χ4v) is 5.95. The van der Waals surface area contributed by atoms with Gasteiger partial charge in [0.05, 0.1) is 0 Å². The average Bonchev–Trinajstić information content (AvgIpc) is 3.11. The lowest BCUT2D eigenvalue weighted by molar-refractivity contribution is 0.137. The van der Waals surface area contributed by atoms with Gasteiger partial charge >= 0.3 is 0 Å². The summed E-state index contributed by atoms with van der Waals surface area (Å²) in [6, 6.07) is 0. The van der Waals surface area contributed by atoms with Crippen molar-refractivity contribution >= 4 is 0 Å². The molecule has 0 amide bonds. The lowest BCUT2D eigenvalue weighted by Crippen LogP contribution is -2.33. The summed E-state index contributed by atoms with van der Waals surface area (Å²) in [5, 5.41) is 0. The maximum Gasteiger partial charge on any atom is -0.0143 e. The summed E-state index contributed by atoms with van der Waals surface area (Å²) in [6.07, 6.45) is 20.6. The fourth-order valence-electron chi connectivity index (χ4n) is 5.95. The second-order valence-electron chi connectivity index (χ2n) is 10.5. The van der Waals surface area contributed by atoms with E-state index in [0.29, 0.717) is 11.3 Å². The molecule has 0 aromatic heterocycles.